The van der Waals surface area contributed by atoms with Gasteiger partial charge in [0.25, 0.3) is 0 Å². The summed E-state index contributed by atoms with van der Waals surface area (Å²) in [7, 11) is 2.87. The molecule has 0 unspecified atom stereocenters. The zero-order valence-electron chi connectivity index (χ0n) is 8.34. The van der Waals surface area contributed by atoms with Gasteiger partial charge in [-0.05, 0) is 43.5 Å². The third-order valence-electron chi connectivity index (χ3n) is 2.43. The minimum absolute atomic E-state index is 0.181. The molecule has 1 aromatic rings. The number of hydrogen-bond donors (Lipinski definition) is 1. The number of carboxylic acid groups (broad SMARTS) is 1. The molecule has 3 radical (unpaired) electrons. The first-order valence-corrected chi connectivity index (χ1v) is 4.57. The van der Waals surface area contributed by atoms with Crippen LogP contribution < -0.4 is 4.43 Å². The third kappa shape index (κ3) is 1.65. The van der Waals surface area contributed by atoms with Crippen molar-refractivity contribution in [2.24, 2.45) is 0 Å². The molecule has 0 saturated heterocycles. The van der Waals surface area contributed by atoms with Gasteiger partial charge in [0.05, 0.1) is 0 Å². The molecule has 0 saturated carbocycles. The van der Waals surface area contributed by atoms with Crippen molar-refractivity contribution in [2.75, 3.05) is 0 Å². The minimum Gasteiger partial charge on any atom is -0.540 e. The molecule has 3 nitrogen and oxygen atoms in total. The fourth-order valence-electron chi connectivity index (χ4n) is 1.35. The quantitative estimate of drug-likeness (QED) is 0.752. The minimum atomic E-state index is -0.982. The second kappa shape index (κ2) is 3.83. The van der Waals surface area contributed by atoms with Crippen molar-refractivity contribution >= 4 is 16.5 Å². The molecule has 0 fully saturated rings. The van der Waals surface area contributed by atoms with Gasteiger partial charge in [-0.15, -0.1) is 0 Å². The second-order valence-electron chi connectivity index (χ2n) is 3.23. The molecule has 0 aliphatic rings. The molecule has 1 N–H and O–H groups in total. The number of carboxylic acids is 1. The van der Waals surface area contributed by atoms with Crippen LogP contribution in [0.15, 0.2) is 6.07 Å². The van der Waals surface area contributed by atoms with E-state index in [0.29, 0.717) is 5.75 Å². The number of aryl methyl sites for hydroxylation is 1. The summed E-state index contributed by atoms with van der Waals surface area (Å²) in [6.07, 6.45) is 0. The van der Waals surface area contributed by atoms with Gasteiger partial charge < -0.3 is 9.53 Å². The molecule has 0 aliphatic heterocycles. The zero-order chi connectivity index (χ0) is 10.9. The molecular weight excluding hydrogens is 196 g/mol. The van der Waals surface area contributed by atoms with E-state index in [-0.39, 0.29) is 5.56 Å². The Bertz CT molecular complexity index is 385. The van der Waals surface area contributed by atoms with Crippen LogP contribution in [0.3, 0.4) is 0 Å². The van der Waals surface area contributed by atoms with Crippen LogP contribution in [-0.2, 0) is 0 Å². The van der Waals surface area contributed by atoms with Crippen LogP contribution >= 0.6 is 0 Å². The van der Waals surface area contributed by atoms with Gasteiger partial charge in [-0.25, -0.2) is 4.79 Å². The summed E-state index contributed by atoms with van der Waals surface area (Å²) in [4.78, 5) is 10.9. The molecule has 1 rings (SSSR count). The number of benzene rings is 1. The summed E-state index contributed by atoms with van der Waals surface area (Å²) >= 11 is 0. The maximum Gasteiger partial charge on any atom is 0.341 e. The maximum absolute atomic E-state index is 10.9. The lowest BCUT2D eigenvalue weighted by molar-refractivity contribution is 0.0694. The Hall–Kier alpha value is -1.29. The van der Waals surface area contributed by atoms with Crippen LogP contribution in [0.25, 0.3) is 0 Å². The van der Waals surface area contributed by atoms with Crippen molar-refractivity contribution in [3.8, 4) is 5.75 Å². The molecule has 0 atom stereocenters. The number of rotatable bonds is 2. The van der Waals surface area contributed by atoms with E-state index in [1.54, 1.807) is 6.07 Å². The molecule has 0 spiro atoms. The van der Waals surface area contributed by atoms with Crippen molar-refractivity contribution < 1.29 is 14.3 Å². The Labute approximate surface area is 86.3 Å². The van der Waals surface area contributed by atoms with E-state index >= 15 is 0 Å². The fourth-order valence-corrected chi connectivity index (χ4v) is 1.61. The fraction of sp³-hybridized carbons (Fsp3) is 0.300. The maximum atomic E-state index is 10.9. The lowest BCUT2D eigenvalue weighted by Gasteiger charge is -2.13. The van der Waals surface area contributed by atoms with Crippen LogP contribution in [0.4, 0.5) is 0 Å². The van der Waals surface area contributed by atoms with E-state index in [4.69, 9.17) is 9.53 Å². The van der Waals surface area contributed by atoms with Crippen molar-refractivity contribution in [2.45, 2.75) is 20.8 Å². The van der Waals surface area contributed by atoms with E-state index in [2.05, 4.69) is 10.5 Å². The Kier molecular flexibility index (Phi) is 2.95. The predicted octanol–water partition coefficient (Wildman–Crippen LogP) is 1.77. The average molecular weight is 207 g/mol. The lowest BCUT2D eigenvalue weighted by atomic mass is 9.99. The standard InChI is InChI=1S/C10H11O3Si/c1-5-4-8(10(11)12)9(13-14)7(3)6(5)2/h4H,1-3H3,(H,11,12). The SMILES string of the molecule is Cc1cc(C(=O)O)c(O[Si])c(C)c1C. The predicted molar refractivity (Wildman–Crippen MR) is 54.0 cm³/mol. The Morgan fingerprint density at radius 3 is 2.36 bits per heavy atom. The Balaban J connectivity index is 3.51. The normalized spacial score (nSPS) is 10.0. The van der Waals surface area contributed by atoms with Gasteiger partial charge in [0.15, 0.2) is 0 Å². The molecule has 14 heavy (non-hydrogen) atoms. The van der Waals surface area contributed by atoms with Crippen molar-refractivity contribution in [1.29, 1.82) is 0 Å². The molecule has 4 heteroatoms. The van der Waals surface area contributed by atoms with Crippen molar-refractivity contribution in [3.05, 3.63) is 28.3 Å². The van der Waals surface area contributed by atoms with Gasteiger partial charge in [-0.3, -0.25) is 0 Å². The van der Waals surface area contributed by atoms with Gasteiger partial charge in [-0.2, -0.15) is 0 Å². The van der Waals surface area contributed by atoms with Crippen molar-refractivity contribution in [3.63, 3.8) is 0 Å². The first-order chi connectivity index (χ1) is 6.49. The van der Waals surface area contributed by atoms with E-state index < -0.39 is 5.97 Å². The molecular formula is C10H11O3Si. The summed E-state index contributed by atoms with van der Waals surface area (Å²) in [5.74, 6) is -0.610. The monoisotopic (exact) mass is 207 g/mol. The third-order valence-corrected chi connectivity index (χ3v) is 2.64. The zero-order valence-corrected chi connectivity index (χ0v) is 9.34. The van der Waals surface area contributed by atoms with Gasteiger partial charge in [0.1, 0.15) is 11.3 Å². The number of hydrogen-bond acceptors (Lipinski definition) is 2. The van der Waals surface area contributed by atoms with Crippen LogP contribution in [0.2, 0.25) is 0 Å². The highest BCUT2D eigenvalue weighted by Crippen LogP contribution is 2.28. The highest BCUT2D eigenvalue weighted by Gasteiger charge is 2.15. The molecule has 0 aliphatic carbocycles. The Morgan fingerprint density at radius 1 is 1.36 bits per heavy atom. The molecule has 0 aromatic heterocycles. The van der Waals surface area contributed by atoms with Crippen LogP contribution in [-0.4, -0.2) is 21.6 Å². The van der Waals surface area contributed by atoms with E-state index in [1.165, 1.54) is 0 Å². The topological polar surface area (TPSA) is 46.5 Å². The summed E-state index contributed by atoms with van der Waals surface area (Å²) in [6.45, 7) is 5.65. The van der Waals surface area contributed by atoms with Gasteiger partial charge in [-0.1, -0.05) is 0 Å². The van der Waals surface area contributed by atoms with Gasteiger partial charge in [0.2, 0.25) is 0 Å². The molecule has 0 heterocycles. The highest BCUT2D eigenvalue weighted by atomic mass is 28.2. The van der Waals surface area contributed by atoms with E-state index in [0.717, 1.165) is 16.7 Å². The average Bonchev–Trinajstić information content (AvgIpc) is 2.13. The highest BCUT2D eigenvalue weighted by molar-refractivity contribution is 6.02. The first-order valence-electron chi connectivity index (χ1n) is 4.16. The van der Waals surface area contributed by atoms with Crippen molar-refractivity contribution in [1.82, 2.24) is 0 Å². The summed E-state index contributed by atoms with van der Waals surface area (Å²) in [5.41, 5.74) is 3.02. The largest absolute Gasteiger partial charge is 0.540 e. The summed E-state index contributed by atoms with van der Waals surface area (Å²) in [6, 6.07) is 1.61. The van der Waals surface area contributed by atoms with E-state index in [9.17, 15) is 4.79 Å². The smallest absolute Gasteiger partial charge is 0.341 e. The van der Waals surface area contributed by atoms with E-state index in [1.807, 2.05) is 20.8 Å². The summed E-state index contributed by atoms with van der Waals surface area (Å²) < 4.78 is 4.90. The number of carbonyl (C=O) groups is 1. The lowest BCUT2D eigenvalue weighted by Crippen LogP contribution is -2.05. The van der Waals surface area contributed by atoms with Gasteiger partial charge in [0, 0.05) is 0 Å². The second-order valence-corrected chi connectivity index (χ2v) is 3.43. The molecule has 0 bridgehead atoms. The Morgan fingerprint density at radius 2 is 1.93 bits per heavy atom. The van der Waals surface area contributed by atoms with Gasteiger partial charge >= 0.3 is 16.5 Å². The molecule has 1 aromatic carbocycles. The van der Waals surface area contributed by atoms with Crippen LogP contribution in [0.5, 0.6) is 5.75 Å². The first kappa shape index (κ1) is 10.8. The van der Waals surface area contributed by atoms with Crippen LogP contribution in [0, 0.1) is 20.8 Å². The summed E-state index contributed by atoms with van der Waals surface area (Å²) in [5, 5.41) is 8.93. The molecule has 0 amide bonds. The molecule has 73 valence electrons. The van der Waals surface area contributed by atoms with Crippen LogP contribution in [0.1, 0.15) is 27.0 Å². The number of aromatic carboxylic acids is 1.